The van der Waals surface area contributed by atoms with Crippen molar-refractivity contribution in [1.82, 2.24) is 9.80 Å². The average molecular weight is 254 g/mol. The first-order valence-corrected chi connectivity index (χ1v) is 5.58. The number of hydrogen-bond acceptors (Lipinski definition) is 3. The molecule has 1 unspecified atom stereocenters. The van der Waals surface area contributed by atoms with E-state index in [0.717, 1.165) is 6.54 Å². The molecule has 0 saturated carbocycles. The van der Waals surface area contributed by atoms with Gasteiger partial charge in [-0.25, -0.2) is 0 Å². The van der Waals surface area contributed by atoms with E-state index >= 15 is 0 Å². The van der Waals surface area contributed by atoms with E-state index in [1.54, 1.807) is 4.90 Å². The summed E-state index contributed by atoms with van der Waals surface area (Å²) in [7, 11) is 0. The number of likely N-dealkylation sites (N-methyl/N-ethyl adjacent to an activating group) is 1. The number of nitrogens with zero attached hydrogens (tertiary/aromatic N) is 2. The number of aliphatic carboxylic acids is 1. The summed E-state index contributed by atoms with van der Waals surface area (Å²) in [4.78, 5) is 14.3. The molecule has 1 saturated heterocycles. The quantitative estimate of drug-likeness (QED) is 0.809. The minimum Gasteiger partial charge on any atom is -0.481 e. The fraction of sp³-hybridized carbons (Fsp3) is 0.900. The molecule has 4 nitrogen and oxygen atoms in total. The SMILES string of the molecule is CCN1CCN(CC(C(=O)O)C(F)(F)F)CC1. The van der Waals surface area contributed by atoms with E-state index in [1.807, 2.05) is 6.92 Å². The lowest BCUT2D eigenvalue weighted by Gasteiger charge is -2.35. The van der Waals surface area contributed by atoms with Crippen molar-refractivity contribution in [3.05, 3.63) is 0 Å². The maximum atomic E-state index is 12.5. The van der Waals surface area contributed by atoms with Gasteiger partial charge >= 0.3 is 12.1 Å². The first-order valence-electron chi connectivity index (χ1n) is 5.58. The summed E-state index contributed by atoms with van der Waals surface area (Å²) < 4.78 is 37.4. The highest BCUT2D eigenvalue weighted by Crippen LogP contribution is 2.27. The van der Waals surface area contributed by atoms with Crippen molar-refractivity contribution in [2.24, 2.45) is 5.92 Å². The Morgan fingerprint density at radius 2 is 1.71 bits per heavy atom. The van der Waals surface area contributed by atoms with Gasteiger partial charge in [-0.3, -0.25) is 9.69 Å². The second-order valence-electron chi connectivity index (χ2n) is 4.17. The molecule has 1 atom stereocenters. The molecule has 17 heavy (non-hydrogen) atoms. The van der Waals surface area contributed by atoms with Crippen molar-refractivity contribution in [1.29, 1.82) is 0 Å². The maximum Gasteiger partial charge on any atom is 0.403 e. The van der Waals surface area contributed by atoms with Gasteiger partial charge in [0.05, 0.1) is 0 Å². The lowest BCUT2D eigenvalue weighted by atomic mass is 10.1. The second-order valence-corrected chi connectivity index (χ2v) is 4.17. The standard InChI is InChI=1S/C10H17F3N2O2/c1-2-14-3-5-15(6-4-14)7-8(9(16)17)10(11,12)13/h8H,2-7H2,1H3,(H,16,17). The second kappa shape index (κ2) is 5.68. The Morgan fingerprint density at radius 3 is 2.06 bits per heavy atom. The van der Waals surface area contributed by atoms with Gasteiger partial charge in [-0.05, 0) is 6.54 Å². The summed E-state index contributed by atoms with van der Waals surface area (Å²) in [5.41, 5.74) is 0. The summed E-state index contributed by atoms with van der Waals surface area (Å²) in [5, 5.41) is 8.58. The van der Waals surface area contributed by atoms with Gasteiger partial charge in [-0.15, -0.1) is 0 Å². The maximum absolute atomic E-state index is 12.5. The summed E-state index contributed by atoms with van der Waals surface area (Å²) in [5.74, 6) is -4.08. The molecule has 0 bridgehead atoms. The van der Waals surface area contributed by atoms with E-state index in [0.29, 0.717) is 26.2 Å². The van der Waals surface area contributed by atoms with Crippen molar-refractivity contribution in [2.75, 3.05) is 39.3 Å². The van der Waals surface area contributed by atoms with E-state index < -0.39 is 24.6 Å². The van der Waals surface area contributed by atoms with Crippen molar-refractivity contribution in [3.8, 4) is 0 Å². The van der Waals surface area contributed by atoms with E-state index in [-0.39, 0.29) is 0 Å². The van der Waals surface area contributed by atoms with Crippen LogP contribution in [-0.2, 0) is 4.79 Å². The normalized spacial score (nSPS) is 21.4. The van der Waals surface area contributed by atoms with Crippen LogP contribution >= 0.6 is 0 Å². The van der Waals surface area contributed by atoms with Crippen molar-refractivity contribution in [2.45, 2.75) is 13.1 Å². The molecular formula is C10H17F3N2O2. The third kappa shape index (κ3) is 4.16. The molecule has 0 radical (unpaired) electrons. The molecule has 0 aromatic heterocycles. The van der Waals surface area contributed by atoms with Crippen molar-refractivity contribution < 1.29 is 23.1 Å². The molecule has 0 amide bonds. The molecule has 1 fully saturated rings. The number of carboxylic acid groups (broad SMARTS) is 1. The number of alkyl halides is 3. The number of halogens is 3. The molecule has 0 aromatic rings. The first-order chi connectivity index (χ1) is 7.84. The first kappa shape index (κ1) is 14.2. The summed E-state index contributed by atoms with van der Waals surface area (Å²) >= 11 is 0. The van der Waals surface area contributed by atoms with Crippen LogP contribution in [0.5, 0.6) is 0 Å². The van der Waals surface area contributed by atoms with Gasteiger partial charge in [0.1, 0.15) is 0 Å². The molecule has 1 aliphatic rings. The molecule has 0 aliphatic carbocycles. The van der Waals surface area contributed by atoms with Crippen LogP contribution in [0.4, 0.5) is 13.2 Å². The predicted octanol–water partition coefficient (Wildman–Crippen LogP) is 0.887. The third-order valence-electron chi connectivity index (χ3n) is 3.05. The minimum absolute atomic E-state index is 0.448. The topological polar surface area (TPSA) is 43.8 Å². The summed E-state index contributed by atoms with van der Waals surface area (Å²) in [6.07, 6.45) is -4.67. The molecule has 100 valence electrons. The zero-order chi connectivity index (χ0) is 13.1. The smallest absolute Gasteiger partial charge is 0.403 e. The Morgan fingerprint density at radius 1 is 1.24 bits per heavy atom. The molecule has 1 heterocycles. The lowest BCUT2D eigenvalue weighted by Crippen LogP contribution is -2.50. The molecule has 1 aliphatic heterocycles. The highest BCUT2D eigenvalue weighted by atomic mass is 19.4. The largest absolute Gasteiger partial charge is 0.481 e. The van der Waals surface area contributed by atoms with Gasteiger partial charge in [0.25, 0.3) is 0 Å². The Balaban J connectivity index is 2.50. The molecule has 0 spiro atoms. The highest BCUT2D eigenvalue weighted by molar-refractivity contribution is 5.71. The van der Waals surface area contributed by atoms with Gasteiger partial charge in [-0.2, -0.15) is 13.2 Å². The van der Waals surface area contributed by atoms with Crippen LogP contribution < -0.4 is 0 Å². The van der Waals surface area contributed by atoms with Gasteiger partial charge in [0.15, 0.2) is 5.92 Å². The number of carbonyl (C=O) groups is 1. The molecule has 7 heteroatoms. The van der Waals surface area contributed by atoms with Crippen molar-refractivity contribution >= 4 is 5.97 Å². The van der Waals surface area contributed by atoms with Gasteiger partial charge < -0.3 is 10.0 Å². The van der Waals surface area contributed by atoms with Gasteiger partial charge in [0, 0.05) is 32.7 Å². The molecule has 1 N–H and O–H groups in total. The Bertz CT molecular complexity index is 263. The highest BCUT2D eigenvalue weighted by Gasteiger charge is 2.46. The van der Waals surface area contributed by atoms with Crippen LogP contribution in [0, 0.1) is 5.92 Å². The minimum atomic E-state index is -4.67. The van der Waals surface area contributed by atoms with Crippen molar-refractivity contribution in [3.63, 3.8) is 0 Å². The predicted molar refractivity (Wildman–Crippen MR) is 55.7 cm³/mol. The fourth-order valence-electron chi connectivity index (χ4n) is 1.87. The number of carboxylic acids is 1. The molecule has 0 aromatic carbocycles. The van der Waals surface area contributed by atoms with E-state index in [9.17, 15) is 18.0 Å². The van der Waals surface area contributed by atoms with Crippen LogP contribution in [0.15, 0.2) is 0 Å². The van der Waals surface area contributed by atoms with Crippen LogP contribution in [0.3, 0.4) is 0 Å². The van der Waals surface area contributed by atoms with Gasteiger partial charge in [-0.1, -0.05) is 6.92 Å². The summed E-state index contributed by atoms with van der Waals surface area (Å²) in [6, 6.07) is 0. The number of piperazine rings is 1. The van der Waals surface area contributed by atoms with E-state index in [2.05, 4.69) is 4.90 Å². The monoisotopic (exact) mass is 254 g/mol. The van der Waals surface area contributed by atoms with E-state index in [1.165, 1.54) is 0 Å². The Hall–Kier alpha value is -0.820. The lowest BCUT2D eigenvalue weighted by molar-refractivity contribution is -0.197. The third-order valence-corrected chi connectivity index (χ3v) is 3.05. The van der Waals surface area contributed by atoms with Crippen LogP contribution in [0.1, 0.15) is 6.92 Å². The Labute approximate surface area is 98.0 Å². The number of rotatable bonds is 4. The molecule has 1 rings (SSSR count). The Kier molecular flexibility index (Phi) is 4.76. The van der Waals surface area contributed by atoms with Gasteiger partial charge in [0.2, 0.25) is 0 Å². The molecular weight excluding hydrogens is 237 g/mol. The number of hydrogen-bond donors (Lipinski definition) is 1. The average Bonchev–Trinajstić information content (AvgIpc) is 2.24. The van der Waals surface area contributed by atoms with Crippen LogP contribution in [-0.4, -0.2) is 66.3 Å². The zero-order valence-corrected chi connectivity index (χ0v) is 9.70. The summed E-state index contributed by atoms with van der Waals surface area (Å²) in [6.45, 7) is 4.79. The van der Waals surface area contributed by atoms with E-state index in [4.69, 9.17) is 5.11 Å². The van der Waals surface area contributed by atoms with Crippen LogP contribution in [0.25, 0.3) is 0 Å². The fourth-order valence-corrected chi connectivity index (χ4v) is 1.87. The van der Waals surface area contributed by atoms with Crippen LogP contribution in [0.2, 0.25) is 0 Å². The zero-order valence-electron chi connectivity index (χ0n) is 9.70.